The smallest absolute Gasteiger partial charge is 0.312 e. The van der Waals surface area contributed by atoms with Crippen LogP contribution in [0.3, 0.4) is 0 Å². The third-order valence-electron chi connectivity index (χ3n) is 3.78. The number of nitrogens with one attached hydrogen (secondary N) is 1. The molecule has 0 amide bonds. The quantitative estimate of drug-likeness (QED) is 0.900. The maximum atomic E-state index is 11.3. The van der Waals surface area contributed by atoms with Crippen molar-refractivity contribution in [2.45, 2.75) is 45.1 Å². The first kappa shape index (κ1) is 14.1. The highest BCUT2D eigenvalue weighted by molar-refractivity contribution is 7.15. The van der Waals surface area contributed by atoms with Crippen LogP contribution >= 0.6 is 11.3 Å². The Labute approximate surface area is 127 Å². The van der Waals surface area contributed by atoms with Gasteiger partial charge in [0.05, 0.1) is 11.7 Å². The van der Waals surface area contributed by atoms with Gasteiger partial charge in [0.1, 0.15) is 17.4 Å². The number of rotatable bonds is 4. The van der Waals surface area contributed by atoms with Crippen molar-refractivity contribution in [1.29, 1.82) is 0 Å². The lowest BCUT2D eigenvalue weighted by molar-refractivity contribution is -0.139. The SMILES string of the molecule is Cc1ccc(C(C)Nc2nc3c(s2)CCCC3C(=O)O)o1. The first-order valence-corrected chi connectivity index (χ1v) is 7.91. The fourth-order valence-electron chi connectivity index (χ4n) is 2.66. The Morgan fingerprint density at radius 1 is 1.57 bits per heavy atom. The molecule has 0 bridgehead atoms. The zero-order chi connectivity index (χ0) is 15.0. The molecule has 0 saturated heterocycles. The predicted molar refractivity (Wildman–Crippen MR) is 80.9 cm³/mol. The van der Waals surface area contributed by atoms with Crippen molar-refractivity contribution in [1.82, 2.24) is 4.98 Å². The van der Waals surface area contributed by atoms with Crippen molar-refractivity contribution >= 4 is 22.4 Å². The third-order valence-corrected chi connectivity index (χ3v) is 4.84. The second-order valence-corrected chi connectivity index (χ2v) is 6.51. The maximum absolute atomic E-state index is 11.3. The first-order valence-electron chi connectivity index (χ1n) is 7.10. The minimum Gasteiger partial charge on any atom is -0.481 e. The van der Waals surface area contributed by atoms with Crippen LogP contribution in [0.4, 0.5) is 5.13 Å². The summed E-state index contributed by atoms with van der Waals surface area (Å²) in [6, 6.07) is 3.89. The van der Waals surface area contributed by atoms with Gasteiger partial charge in [0.2, 0.25) is 0 Å². The summed E-state index contributed by atoms with van der Waals surface area (Å²) in [5.41, 5.74) is 0.740. The average Bonchev–Trinajstić information content (AvgIpc) is 3.03. The molecule has 2 unspecified atom stereocenters. The highest BCUT2D eigenvalue weighted by Crippen LogP contribution is 2.37. The Balaban J connectivity index is 1.80. The van der Waals surface area contributed by atoms with Crippen molar-refractivity contribution in [3.63, 3.8) is 0 Å². The molecule has 5 nitrogen and oxygen atoms in total. The zero-order valence-electron chi connectivity index (χ0n) is 12.0. The van der Waals surface area contributed by atoms with Gasteiger partial charge >= 0.3 is 5.97 Å². The van der Waals surface area contributed by atoms with Gasteiger partial charge in [-0.2, -0.15) is 0 Å². The van der Waals surface area contributed by atoms with E-state index in [0.717, 1.165) is 40.1 Å². The first-order chi connectivity index (χ1) is 10.0. The molecule has 2 heterocycles. The number of carboxylic acids is 1. The zero-order valence-corrected chi connectivity index (χ0v) is 12.9. The molecule has 2 aromatic heterocycles. The van der Waals surface area contributed by atoms with Crippen LogP contribution in [0.5, 0.6) is 0 Å². The summed E-state index contributed by atoms with van der Waals surface area (Å²) in [6.07, 6.45) is 2.52. The van der Waals surface area contributed by atoms with E-state index in [9.17, 15) is 9.90 Å². The second kappa shape index (κ2) is 5.52. The minimum atomic E-state index is -0.775. The van der Waals surface area contributed by atoms with Crippen LogP contribution in [0.2, 0.25) is 0 Å². The number of aliphatic carboxylic acids is 1. The van der Waals surface area contributed by atoms with Gasteiger partial charge in [-0.15, -0.1) is 11.3 Å². The number of carbonyl (C=O) groups is 1. The molecule has 6 heteroatoms. The molecule has 1 aliphatic rings. The van der Waals surface area contributed by atoms with Crippen molar-refractivity contribution in [2.24, 2.45) is 0 Å². The summed E-state index contributed by atoms with van der Waals surface area (Å²) >= 11 is 1.56. The van der Waals surface area contributed by atoms with Gasteiger partial charge in [0.15, 0.2) is 5.13 Å². The van der Waals surface area contributed by atoms with Gasteiger partial charge in [0, 0.05) is 4.88 Å². The molecular formula is C15H18N2O3S. The van der Waals surface area contributed by atoms with Crippen molar-refractivity contribution < 1.29 is 14.3 Å². The van der Waals surface area contributed by atoms with Crippen LogP contribution in [-0.4, -0.2) is 16.1 Å². The lowest BCUT2D eigenvalue weighted by Crippen LogP contribution is -2.17. The summed E-state index contributed by atoms with van der Waals surface area (Å²) < 4.78 is 5.60. The van der Waals surface area contributed by atoms with Gasteiger partial charge < -0.3 is 14.8 Å². The van der Waals surface area contributed by atoms with Gasteiger partial charge in [-0.25, -0.2) is 4.98 Å². The summed E-state index contributed by atoms with van der Waals surface area (Å²) in [6.45, 7) is 3.92. The number of anilines is 1. The topological polar surface area (TPSA) is 75.4 Å². The highest BCUT2D eigenvalue weighted by atomic mass is 32.1. The number of nitrogens with zero attached hydrogens (tertiary/aromatic N) is 1. The number of hydrogen-bond acceptors (Lipinski definition) is 5. The molecule has 2 atom stereocenters. The number of carboxylic acid groups (broad SMARTS) is 1. The summed E-state index contributed by atoms with van der Waals surface area (Å²) in [7, 11) is 0. The van der Waals surface area contributed by atoms with Gasteiger partial charge in [-0.3, -0.25) is 4.79 Å². The van der Waals surface area contributed by atoms with E-state index in [1.807, 2.05) is 26.0 Å². The van der Waals surface area contributed by atoms with E-state index in [1.54, 1.807) is 11.3 Å². The normalized spacial score (nSPS) is 19.0. The van der Waals surface area contributed by atoms with E-state index in [2.05, 4.69) is 10.3 Å². The molecule has 0 fully saturated rings. The van der Waals surface area contributed by atoms with E-state index >= 15 is 0 Å². The van der Waals surface area contributed by atoms with E-state index in [-0.39, 0.29) is 6.04 Å². The van der Waals surface area contributed by atoms with Crippen molar-refractivity contribution in [3.05, 3.63) is 34.2 Å². The fraction of sp³-hybridized carbons (Fsp3) is 0.467. The van der Waals surface area contributed by atoms with Crippen LogP contribution in [0.25, 0.3) is 0 Å². The van der Waals surface area contributed by atoms with Gasteiger partial charge in [-0.1, -0.05) is 0 Å². The Bertz CT molecular complexity index is 662. The van der Waals surface area contributed by atoms with Crippen LogP contribution in [0.1, 0.15) is 53.8 Å². The third kappa shape index (κ3) is 2.81. The second-order valence-electron chi connectivity index (χ2n) is 5.42. The molecular weight excluding hydrogens is 288 g/mol. The fourth-order valence-corrected chi connectivity index (χ4v) is 3.81. The van der Waals surface area contributed by atoms with Crippen LogP contribution in [-0.2, 0) is 11.2 Å². The monoisotopic (exact) mass is 306 g/mol. The Kier molecular flexibility index (Phi) is 3.71. The Morgan fingerprint density at radius 2 is 2.38 bits per heavy atom. The summed E-state index contributed by atoms with van der Waals surface area (Å²) in [5, 5.41) is 13.4. The highest BCUT2D eigenvalue weighted by Gasteiger charge is 2.30. The molecule has 3 rings (SSSR count). The molecule has 0 spiro atoms. The number of thiazole rings is 1. The molecule has 0 saturated carbocycles. The molecule has 0 radical (unpaired) electrons. The Hall–Kier alpha value is -1.82. The van der Waals surface area contributed by atoms with Crippen molar-refractivity contribution in [2.75, 3.05) is 5.32 Å². The number of aryl methyl sites for hydroxylation is 2. The standard InChI is InChI=1S/C15H18N2O3S/c1-8-6-7-11(20-8)9(2)16-15-17-13-10(14(18)19)4-3-5-12(13)21-15/h6-7,9-10H,3-5H2,1-2H3,(H,16,17)(H,18,19). The summed E-state index contributed by atoms with van der Waals surface area (Å²) in [5.74, 6) is 0.503. The number of hydrogen-bond donors (Lipinski definition) is 2. The molecule has 0 aromatic carbocycles. The molecule has 0 aliphatic heterocycles. The minimum absolute atomic E-state index is 0.00887. The largest absolute Gasteiger partial charge is 0.481 e. The van der Waals surface area contributed by atoms with Crippen LogP contribution in [0.15, 0.2) is 16.5 Å². The number of furan rings is 1. The van der Waals surface area contributed by atoms with Crippen molar-refractivity contribution in [3.8, 4) is 0 Å². The average molecular weight is 306 g/mol. The van der Waals surface area contributed by atoms with E-state index < -0.39 is 11.9 Å². The predicted octanol–water partition coefficient (Wildman–Crippen LogP) is 3.72. The van der Waals surface area contributed by atoms with Crippen LogP contribution < -0.4 is 5.32 Å². The molecule has 21 heavy (non-hydrogen) atoms. The molecule has 2 aromatic rings. The van der Waals surface area contributed by atoms with E-state index in [1.165, 1.54) is 0 Å². The van der Waals surface area contributed by atoms with Gasteiger partial charge in [-0.05, 0) is 45.2 Å². The molecule has 2 N–H and O–H groups in total. The lowest BCUT2D eigenvalue weighted by Gasteiger charge is -2.16. The van der Waals surface area contributed by atoms with E-state index in [0.29, 0.717) is 6.42 Å². The molecule has 112 valence electrons. The Morgan fingerprint density at radius 3 is 3.05 bits per heavy atom. The molecule has 1 aliphatic carbocycles. The van der Waals surface area contributed by atoms with E-state index in [4.69, 9.17) is 4.42 Å². The number of fused-ring (bicyclic) bond motifs is 1. The maximum Gasteiger partial charge on any atom is 0.312 e. The lowest BCUT2D eigenvalue weighted by atomic mass is 9.91. The van der Waals surface area contributed by atoms with Gasteiger partial charge in [0.25, 0.3) is 0 Å². The van der Waals surface area contributed by atoms with Crippen LogP contribution in [0, 0.1) is 6.92 Å². The summed E-state index contributed by atoms with van der Waals surface area (Å²) in [4.78, 5) is 16.9. The number of aromatic nitrogens is 1.